The highest BCUT2D eigenvalue weighted by Crippen LogP contribution is 2.61. The van der Waals surface area contributed by atoms with Gasteiger partial charge in [-0.1, -0.05) is 0 Å². The highest BCUT2D eigenvalue weighted by atomic mass is 31.2. The number of furan rings is 1. The van der Waals surface area contributed by atoms with Gasteiger partial charge in [0, 0.05) is 6.61 Å². The van der Waals surface area contributed by atoms with Crippen LogP contribution in [0.5, 0.6) is 0 Å². The van der Waals surface area contributed by atoms with Gasteiger partial charge in [0.15, 0.2) is 0 Å². The van der Waals surface area contributed by atoms with Gasteiger partial charge in [0.25, 0.3) is 0 Å². The van der Waals surface area contributed by atoms with Crippen molar-refractivity contribution in [1.29, 1.82) is 0 Å². The van der Waals surface area contributed by atoms with Gasteiger partial charge in [-0.05, 0) is 32.9 Å². The fraction of sp³-hybridized carbons (Fsp3) is 0.636. The van der Waals surface area contributed by atoms with Crippen molar-refractivity contribution >= 4 is 7.60 Å². The standard InChI is InChI=1S/C11H19O5P/c1-4-13-11(10-8-7-9-14-10)17(12,15-5-2)16-6-3/h7-9,11H,4-6H2,1-3H3. The number of rotatable bonds is 8. The molecule has 1 heterocycles. The van der Waals surface area contributed by atoms with Gasteiger partial charge in [0.05, 0.1) is 19.5 Å². The highest BCUT2D eigenvalue weighted by Gasteiger charge is 2.39. The molecule has 0 saturated carbocycles. The molecule has 1 atom stereocenters. The van der Waals surface area contributed by atoms with Crippen LogP contribution in [0.2, 0.25) is 0 Å². The Morgan fingerprint density at radius 1 is 1.24 bits per heavy atom. The first-order valence-electron chi connectivity index (χ1n) is 5.71. The fourth-order valence-corrected chi connectivity index (χ4v) is 3.31. The molecule has 0 fully saturated rings. The van der Waals surface area contributed by atoms with E-state index in [0.29, 0.717) is 25.6 Å². The smallest absolute Gasteiger partial charge is 0.366 e. The third kappa shape index (κ3) is 3.68. The minimum Gasteiger partial charge on any atom is -0.466 e. The van der Waals surface area contributed by atoms with Crippen molar-refractivity contribution < 1.29 is 22.8 Å². The van der Waals surface area contributed by atoms with Crippen LogP contribution in [-0.2, 0) is 18.3 Å². The molecule has 1 unspecified atom stereocenters. The van der Waals surface area contributed by atoms with E-state index in [0.717, 1.165) is 0 Å². The molecule has 1 aromatic heterocycles. The Kier molecular flexibility index (Phi) is 5.92. The zero-order valence-corrected chi connectivity index (χ0v) is 11.3. The van der Waals surface area contributed by atoms with Crippen molar-refractivity contribution in [2.45, 2.75) is 26.6 Å². The van der Waals surface area contributed by atoms with Crippen LogP contribution in [0.4, 0.5) is 0 Å². The molecule has 0 aliphatic carbocycles. The molecule has 0 bridgehead atoms. The van der Waals surface area contributed by atoms with Gasteiger partial charge < -0.3 is 18.2 Å². The molecule has 0 aliphatic rings. The fourth-order valence-electron chi connectivity index (χ4n) is 1.45. The van der Waals surface area contributed by atoms with Crippen molar-refractivity contribution in [3.8, 4) is 0 Å². The Labute approximate surface area is 102 Å². The van der Waals surface area contributed by atoms with E-state index in [2.05, 4.69) is 0 Å². The van der Waals surface area contributed by atoms with Crippen LogP contribution in [0.15, 0.2) is 22.8 Å². The molecule has 0 spiro atoms. The van der Waals surface area contributed by atoms with Gasteiger partial charge in [-0.25, -0.2) is 0 Å². The molecule has 5 nitrogen and oxygen atoms in total. The normalized spacial score (nSPS) is 13.8. The summed E-state index contributed by atoms with van der Waals surface area (Å²) in [6.07, 6.45) is 1.50. The van der Waals surface area contributed by atoms with E-state index >= 15 is 0 Å². The van der Waals surface area contributed by atoms with Gasteiger partial charge in [-0.15, -0.1) is 0 Å². The quantitative estimate of drug-likeness (QED) is 0.670. The first-order chi connectivity index (χ1) is 8.18. The summed E-state index contributed by atoms with van der Waals surface area (Å²) in [6, 6.07) is 3.41. The first-order valence-corrected chi connectivity index (χ1v) is 7.32. The Bertz CT molecular complexity index is 339. The second-order valence-electron chi connectivity index (χ2n) is 3.20. The molecule has 0 saturated heterocycles. The van der Waals surface area contributed by atoms with E-state index in [1.165, 1.54) is 6.26 Å². The summed E-state index contributed by atoms with van der Waals surface area (Å²) >= 11 is 0. The molecule has 0 N–H and O–H groups in total. The lowest BCUT2D eigenvalue weighted by Gasteiger charge is -2.24. The molecule has 1 rings (SSSR count). The summed E-state index contributed by atoms with van der Waals surface area (Å²) in [7, 11) is -3.35. The molecular weight excluding hydrogens is 243 g/mol. The average molecular weight is 262 g/mol. The van der Waals surface area contributed by atoms with Gasteiger partial charge in [-0.2, -0.15) is 0 Å². The molecule has 0 radical (unpaired) electrons. The summed E-state index contributed by atoms with van der Waals surface area (Å²) in [4.78, 5) is 0. The van der Waals surface area contributed by atoms with E-state index in [1.54, 1.807) is 26.0 Å². The third-order valence-corrected chi connectivity index (χ3v) is 4.23. The molecule has 0 aromatic carbocycles. The molecule has 0 amide bonds. The molecular formula is C11H19O5P. The summed E-state index contributed by atoms with van der Waals surface area (Å²) in [5, 5.41) is 0. The van der Waals surface area contributed by atoms with Gasteiger partial charge in [0.1, 0.15) is 5.76 Å². The lowest BCUT2D eigenvalue weighted by atomic mass is 10.5. The van der Waals surface area contributed by atoms with E-state index in [9.17, 15) is 4.57 Å². The summed E-state index contributed by atoms with van der Waals surface area (Å²) < 4.78 is 33.8. The van der Waals surface area contributed by atoms with Gasteiger partial charge in [0.2, 0.25) is 5.85 Å². The minimum absolute atomic E-state index is 0.293. The minimum atomic E-state index is -3.35. The topological polar surface area (TPSA) is 57.9 Å². The van der Waals surface area contributed by atoms with Gasteiger partial charge >= 0.3 is 7.60 Å². The van der Waals surface area contributed by atoms with Crippen LogP contribution in [-0.4, -0.2) is 19.8 Å². The van der Waals surface area contributed by atoms with Crippen molar-refractivity contribution in [2.24, 2.45) is 0 Å². The summed E-state index contributed by atoms with van der Waals surface area (Å²) in [5.41, 5.74) is 0. The van der Waals surface area contributed by atoms with Crippen LogP contribution in [0, 0.1) is 0 Å². The predicted molar refractivity (Wildman–Crippen MR) is 63.9 cm³/mol. The number of hydrogen-bond donors (Lipinski definition) is 0. The highest BCUT2D eigenvalue weighted by molar-refractivity contribution is 7.54. The van der Waals surface area contributed by atoms with Crippen LogP contribution < -0.4 is 0 Å². The number of hydrogen-bond acceptors (Lipinski definition) is 5. The summed E-state index contributed by atoms with van der Waals surface area (Å²) in [6.45, 7) is 6.32. The predicted octanol–water partition coefficient (Wildman–Crippen LogP) is 3.58. The second kappa shape index (κ2) is 6.97. The van der Waals surface area contributed by atoms with Crippen molar-refractivity contribution in [1.82, 2.24) is 0 Å². The van der Waals surface area contributed by atoms with Crippen LogP contribution in [0.25, 0.3) is 0 Å². The number of ether oxygens (including phenoxy) is 1. The monoisotopic (exact) mass is 262 g/mol. The zero-order valence-electron chi connectivity index (χ0n) is 10.4. The van der Waals surface area contributed by atoms with Crippen LogP contribution >= 0.6 is 7.60 Å². The van der Waals surface area contributed by atoms with Crippen molar-refractivity contribution in [3.05, 3.63) is 24.2 Å². The molecule has 1 aromatic rings. The Balaban J connectivity index is 2.97. The Hall–Kier alpha value is -0.610. The SMILES string of the molecule is CCOC(c1ccco1)P(=O)(OCC)OCC. The maximum atomic E-state index is 12.6. The van der Waals surface area contributed by atoms with Crippen LogP contribution in [0.3, 0.4) is 0 Å². The molecule has 6 heteroatoms. The average Bonchev–Trinajstić information content (AvgIpc) is 2.79. The zero-order chi connectivity index (χ0) is 12.7. The van der Waals surface area contributed by atoms with E-state index < -0.39 is 13.4 Å². The maximum absolute atomic E-state index is 12.6. The van der Waals surface area contributed by atoms with Crippen LogP contribution in [0.1, 0.15) is 32.4 Å². The molecule has 17 heavy (non-hydrogen) atoms. The lowest BCUT2D eigenvalue weighted by molar-refractivity contribution is 0.0657. The largest absolute Gasteiger partial charge is 0.466 e. The third-order valence-electron chi connectivity index (χ3n) is 2.02. The molecule has 0 aliphatic heterocycles. The van der Waals surface area contributed by atoms with Gasteiger partial charge in [-0.3, -0.25) is 4.57 Å². The first kappa shape index (κ1) is 14.5. The molecule has 98 valence electrons. The van der Waals surface area contributed by atoms with E-state index in [4.69, 9.17) is 18.2 Å². The van der Waals surface area contributed by atoms with Crippen molar-refractivity contribution in [3.63, 3.8) is 0 Å². The lowest BCUT2D eigenvalue weighted by Crippen LogP contribution is -2.09. The maximum Gasteiger partial charge on any atom is 0.366 e. The Morgan fingerprint density at radius 3 is 2.29 bits per heavy atom. The van der Waals surface area contributed by atoms with E-state index in [-0.39, 0.29) is 0 Å². The Morgan fingerprint density at radius 2 is 1.88 bits per heavy atom. The summed E-state index contributed by atoms with van der Waals surface area (Å²) in [5.74, 6) is -0.348. The van der Waals surface area contributed by atoms with E-state index in [1.807, 2.05) is 6.92 Å². The second-order valence-corrected chi connectivity index (χ2v) is 5.26. The van der Waals surface area contributed by atoms with Crippen molar-refractivity contribution in [2.75, 3.05) is 19.8 Å².